The van der Waals surface area contributed by atoms with Crippen LogP contribution in [0.15, 0.2) is 0 Å². The number of likely N-dealkylation sites (tertiary alicyclic amines) is 1. The van der Waals surface area contributed by atoms with E-state index in [-0.39, 0.29) is 6.61 Å². The second-order valence-corrected chi connectivity index (χ2v) is 5.51. The Bertz CT molecular complexity index is 272. The number of nitriles is 1. The maximum atomic E-state index is 9.05. The standard InChI is InChI=1S/C13H23N3O/c14-4-5-16-9-12(3-6-17)7-13(10-16)15-8-11-1-2-11/h11-13,15,17H,1-3,5-10H2. The average molecular weight is 237 g/mol. The number of nitrogens with one attached hydrogen (secondary N) is 1. The summed E-state index contributed by atoms with van der Waals surface area (Å²) in [7, 11) is 0. The minimum atomic E-state index is 0.264. The normalized spacial score (nSPS) is 30.1. The fraction of sp³-hybridized carbons (Fsp3) is 0.923. The molecule has 1 aliphatic carbocycles. The van der Waals surface area contributed by atoms with E-state index >= 15 is 0 Å². The van der Waals surface area contributed by atoms with Gasteiger partial charge in [-0.1, -0.05) is 0 Å². The van der Waals surface area contributed by atoms with E-state index in [0.717, 1.165) is 38.4 Å². The van der Waals surface area contributed by atoms with Crippen molar-refractivity contribution in [3.63, 3.8) is 0 Å². The fourth-order valence-corrected chi connectivity index (χ4v) is 2.73. The third kappa shape index (κ3) is 4.27. The van der Waals surface area contributed by atoms with Gasteiger partial charge in [0.2, 0.25) is 0 Å². The van der Waals surface area contributed by atoms with Gasteiger partial charge in [0.1, 0.15) is 0 Å². The highest BCUT2D eigenvalue weighted by Crippen LogP contribution is 2.28. The Kier molecular flexibility index (Phi) is 4.78. The van der Waals surface area contributed by atoms with Gasteiger partial charge in [-0.3, -0.25) is 4.90 Å². The van der Waals surface area contributed by atoms with Crippen molar-refractivity contribution < 1.29 is 5.11 Å². The molecule has 0 bridgehead atoms. The largest absolute Gasteiger partial charge is 0.396 e. The summed E-state index contributed by atoms with van der Waals surface area (Å²) in [6, 6.07) is 2.74. The second kappa shape index (κ2) is 6.34. The van der Waals surface area contributed by atoms with Gasteiger partial charge in [0.15, 0.2) is 0 Å². The maximum absolute atomic E-state index is 9.05. The van der Waals surface area contributed by atoms with Crippen LogP contribution in [0.3, 0.4) is 0 Å². The zero-order valence-electron chi connectivity index (χ0n) is 10.4. The Labute approximate surface area is 104 Å². The van der Waals surface area contributed by atoms with E-state index in [9.17, 15) is 0 Å². The number of piperidine rings is 1. The molecule has 2 rings (SSSR count). The lowest BCUT2D eigenvalue weighted by molar-refractivity contribution is 0.132. The molecule has 17 heavy (non-hydrogen) atoms. The number of nitrogens with zero attached hydrogens (tertiary/aromatic N) is 2. The number of hydrogen-bond acceptors (Lipinski definition) is 4. The smallest absolute Gasteiger partial charge is 0.0866 e. The predicted molar refractivity (Wildman–Crippen MR) is 66.4 cm³/mol. The average Bonchev–Trinajstić information content (AvgIpc) is 3.11. The van der Waals surface area contributed by atoms with Crippen LogP contribution in [0.5, 0.6) is 0 Å². The third-order valence-electron chi connectivity index (χ3n) is 3.84. The van der Waals surface area contributed by atoms with Gasteiger partial charge in [-0.2, -0.15) is 5.26 Å². The van der Waals surface area contributed by atoms with Crippen LogP contribution in [-0.2, 0) is 0 Å². The van der Waals surface area contributed by atoms with Crippen molar-refractivity contribution >= 4 is 0 Å². The van der Waals surface area contributed by atoms with Gasteiger partial charge >= 0.3 is 0 Å². The van der Waals surface area contributed by atoms with Gasteiger partial charge in [-0.05, 0) is 44.1 Å². The third-order valence-corrected chi connectivity index (χ3v) is 3.84. The van der Waals surface area contributed by atoms with Crippen LogP contribution in [0, 0.1) is 23.2 Å². The van der Waals surface area contributed by atoms with Crippen LogP contribution >= 0.6 is 0 Å². The van der Waals surface area contributed by atoms with Gasteiger partial charge < -0.3 is 10.4 Å². The summed E-state index contributed by atoms with van der Waals surface area (Å²) in [5, 5.41) is 21.5. The molecule has 0 radical (unpaired) electrons. The summed E-state index contributed by atoms with van der Waals surface area (Å²) in [4.78, 5) is 2.22. The summed E-state index contributed by atoms with van der Waals surface area (Å²) < 4.78 is 0. The Morgan fingerprint density at radius 2 is 2.12 bits per heavy atom. The zero-order valence-corrected chi connectivity index (χ0v) is 10.4. The molecule has 0 aromatic rings. The summed E-state index contributed by atoms with van der Waals surface area (Å²) in [6.07, 6.45) is 4.77. The summed E-state index contributed by atoms with van der Waals surface area (Å²) in [5.41, 5.74) is 0. The van der Waals surface area contributed by atoms with Crippen molar-refractivity contribution in [3.8, 4) is 6.07 Å². The minimum absolute atomic E-state index is 0.264. The van der Waals surface area contributed by atoms with E-state index in [4.69, 9.17) is 10.4 Å². The Hall–Kier alpha value is -0.630. The minimum Gasteiger partial charge on any atom is -0.396 e. The number of rotatable bonds is 6. The highest BCUT2D eigenvalue weighted by atomic mass is 16.3. The molecule has 2 atom stereocenters. The molecule has 1 heterocycles. The van der Waals surface area contributed by atoms with Gasteiger partial charge in [-0.25, -0.2) is 0 Å². The first-order chi connectivity index (χ1) is 8.31. The monoisotopic (exact) mass is 237 g/mol. The highest BCUT2D eigenvalue weighted by Gasteiger charge is 2.28. The lowest BCUT2D eigenvalue weighted by Gasteiger charge is -2.37. The van der Waals surface area contributed by atoms with Crippen LogP contribution in [-0.4, -0.2) is 48.8 Å². The molecule has 2 aliphatic rings. The summed E-state index contributed by atoms with van der Waals surface area (Å²) >= 11 is 0. The van der Waals surface area contributed by atoms with E-state index < -0.39 is 0 Å². The molecular formula is C13H23N3O. The quantitative estimate of drug-likeness (QED) is 0.664. The van der Waals surface area contributed by atoms with Crippen molar-refractivity contribution in [2.24, 2.45) is 11.8 Å². The fourth-order valence-electron chi connectivity index (χ4n) is 2.73. The van der Waals surface area contributed by atoms with Crippen LogP contribution in [0.4, 0.5) is 0 Å². The second-order valence-electron chi connectivity index (χ2n) is 5.51. The molecule has 0 aromatic carbocycles. The van der Waals surface area contributed by atoms with Crippen LogP contribution in [0.1, 0.15) is 25.7 Å². The van der Waals surface area contributed by atoms with Crippen molar-refractivity contribution in [1.82, 2.24) is 10.2 Å². The molecule has 96 valence electrons. The molecule has 2 fully saturated rings. The number of aliphatic hydroxyl groups is 1. The topological polar surface area (TPSA) is 59.3 Å². The first kappa shape index (κ1) is 12.8. The zero-order chi connectivity index (χ0) is 12.1. The van der Waals surface area contributed by atoms with Crippen LogP contribution < -0.4 is 5.32 Å². The molecule has 0 spiro atoms. The van der Waals surface area contributed by atoms with Crippen molar-refractivity contribution in [2.45, 2.75) is 31.7 Å². The van der Waals surface area contributed by atoms with Crippen molar-refractivity contribution in [2.75, 3.05) is 32.8 Å². The first-order valence-corrected chi connectivity index (χ1v) is 6.75. The molecule has 4 nitrogen and oxygen atoms in total. The highest BCUT2D eigenvalue weighted by molar-refractivity contribution is 4.89. The van der Waals surface area contributed by atoms with E-state index in [1.54, 1.807) is 0 Å². The van der Waals surface area contributed by atoms with E-state index in [0.29, 0.717) is 18.5 Å². The lowest BCUT2D eigenvalue weighted by atomic mass is 9.91. The molecular weight excluding hydrogens is 214 g/mol. The molecule has 0 amide bonds. The van der Waals surface area contributed by atoms with E-state index in [2.05, 4.69) is 16.3 Å². The molecule has 1 aliphatic heterocycles. The van der Waals surface area contributed by atoms with E-state index in [1.807, 2.05) is 0 Å². The summed E-state index contributed by atoms with van der Waals surface area (Å²) in [6.45, 7) is 3.87. The summed E-state index contributed by atoms with van der Waals surface area (Å²) in [5.74, 6) is 1.44. The number of hydrogen-bond donors (Lipinski definition) is 2. The first-order valence-electron chi connectivity index (χ1n) is 6.75. The molecule has 0 aromatic heterocycles. The SMILES string of the molecule is N#CCN1CC(CCO)CC(NCC2CC2)C1. The van der Waals surface area contributed by atoms with Gasteiger partial charge in [-0.15, -0.1) is 0 Å². The molecule has 4 heteroatoms. The van der Waals surface area contributed by atoms with Crippen LogP contribution in [0.2, 0.25) is 0 Å². The van der Waals surface area contributed by atoms with Gasteiger partial charge in [0.25, 0.3) is 0 Å². The van der Waals surface area contributed by atoms with Gasteiger partial charge in [0.05, 0.1) is 12.6 Å². The predicted octanol–water partition coefficient (Wildman–Crippen LogP) is 0.582. The van der Waals surface area contributed by atoms with E-state index in [1.165, 1.54) is 12.8 Å². The van der Waals surface area contributed by atoms with Crippen LogP contribution in [0.25, 0.3) is 0 Å². The Morgan fingerprint density at radius 3 is 2.76 bits per heavy atom. The van der Waals surface area contributed by atoms with Gasteiger partial charge in [0, 0.05) is 25.7 Å². The molecule has 1 saturated carbocycles. The van der Waals surface area contributed by atoms with Crippen molar-refractivity contribution in [1.29, 1.82) is 5.26 Å². The Morgan fingerprint density at radius 1 is 1.29 bits per heavy atom. The number of aliphatic hydroxyl groups excluding tert-OH is 1. The van der Waals surface area contributed by atoms with Crippen molar-refractivity contribution in [3.05, 3.63) is 0 Å². The Balaban J connectivity index is 1.79. The molecule has 2 unspecified atom stereocenters. The molecule has 2 N–H and O–H groups in total. The lowest BCUT2D eigenvalue weighted by Crippen LogP contribution is -2.49. The maximum Gasteiger partial charge on any atom is 0.0866 e. The molecule has 1 saturated heterocycles.